The summed E-state index contributed by atoms with van der Waals surface area (Å²) in [6, 6.07) is 17.1. The minimum absolute atomic E-state index is 0.00395. The number of carbonyl (C=O) groups excluding carboxylic acids is 1. The van der Waals surface area contributed by atoms with Crippen LogP contribution in [-0.4, -0.2) is 72.8 Å². The molecule has 0 saturated carbocycles. The summed E-state index contributed by atoms with van der Waals surface area (Å²) in [5.74, 6) is 0.0673. The largest absolute Gasteiger partial charge is 0.300 e. The second-order valence-electron chi connectivity index (χ2n) is 9.40. The van der Waals surface area contributed by atoms with E-state index in [1.165, 1.54) is 24.8 Å². The lowest BCUT2D eigenvalue weighted by Gasteiger charge is -2.41. The van der Waals surface area contributed by atoms with Crippen LogP contribution in [-0.2, 0) is 0 Å². The first-order chi connectivity index (χ1) is 15.6. The van der Waals surface area contributed by atoms with Crippen LogP contribution in [0.4, 0.5) is 4.39 Å². The number of halogens is 1. The second-order valence-corrected chi connectivity index (χ2v) is 9.40. The number of hydrogen-bond acceptors (Lipinski definition) is 4. The number of likely N-dealkylation sites (tertiary alicyclic amines) is 1. The van der Waals surface area contributed by atoms with Crippen LogP contribution >= 0.6 is 0 Å². The summed E-state index contributed by atoms with van der Waals surface area (Å²) in [6.45, 7) is 10.1. The molecule has 2 heterocycles. The van der Waals surface area contributed by atoms with Gasteiger partial charge in [0, 0.05) is 56.8 Å². The Bertz CT molecular complexity index is 843. The molecule has 2 aliphatic rings. The summed E-state index contributed by atoms with van der Waals surface area (Å²) in [4.78, 5) is 20.3. The molecule has 0 bridgehead atoms. The predicted octanol–water partition coefficient (Wildman–Crippen LogP) is 4.49. The topological polar surface area (TPSA) is 26.8 Å². The van der Waals surface area contributed by atoms with Gasteiger partial charge in [0.05, 0.1) is 0 Å². The fourth-order valence-electron chi connectivity index (χ4n) is 5.10. The van der Waals surface area contributed by atoms with Crippen molar-refractivity contribution in [3.8, 4) is 0 Å². The average molecular weight is 438 g/mol. The number of ketones is 1. The normalized spacial score (nSPS) is 20.7. The number of piperidine rings is 1. The molecule has 2 fully saturated rings. The summed E-state index contributed by atoms with van der Waals surface area (Å²) in [5, 5.41) is 0. The van der Waals surface area contributed by atoms with Crippen LogP contribution < -0.4 is 0 Å². The van der Waals surface area contributed by atoms with Gasteiger partial charge in [-0.2, -0.15) is 0 Å². The van der Waals surface area contributed by atoms with Crippen LogP contribution in [0.25, 0.3) is 0 Å². The zero-order valence-electron chi connectivity index (χ0n) is 19.3. The van der Waals surface area contributed by atoms with E-state index in [9.17, 15) is 9.18 Å². The van der Waals surface area contributed by atoms with Crippen LogP contribution in [0.3, 0.4) is 0 Å². The maximum atomic E-state index is 13.5. The van der Waals surface area contributed by atoms with Crippen molar-refractivity contribution >= 4 is 5.78 Å². The maximum absolute atomic E-state index is 13.5. The number of Topliss-reactive ketones (excluding diaryl/α,β-unsaturated/α-hetero) is 1. The molecular weight excluding hydrogens is 401 g/mol. The molecule has 0 spiro atoms. The number of hydrogen-bond donors (Lipinski definition) is 0. The third-order valence-corrected chi connectivity index (χ3v) is 7.02. The number of piperazine rings is 1. The number of benzene rings is 2. The van der Waals surface area contributed by atoms with Crippen molar-refractivity contribution in [3.63, 3.8) is 0 Å². The molecule has 32 heavy (non-hydrogen) atoms. The zero-order valence-corrected chi connectivity index (χ0v) is 19.3. The molecule has 2 unspecified atom stereocenters. The lowest BCUT2D eigenvalue weighted by Crippen LogP contribution is -2.50. The van der Waals surface area contributed by atoms with Gasteiger partial charge in [0.15, 0.2) is 5.78 Å². The monoisotopic (exact) mass is 437 g/mol. The van der Waals surface area contributed by atoms with E-state index < -0.39 is 0 Å². The summed E-state index contributed by atoms with van der Waals surface area (Å²) in [7, 11) is 0. The second kappa shape index (κ2) is 11.2. The minimum Gasteiger partial charge on any atom is -0.300 e. The number of rotatable bonds is 8. The van der Waals surface area contributed by atoms with Gasteiger partial charge >= 0.3 is 0 Å². The van der Waals surface area contributed by atoms with Crippen molar-refractivity contribution in [2.45, 2.75) is 32.2 Å². The van der Waals surface area contributed by atoms with Crippen LogP contribution in [0.1, 0.15) is 48.1 Å². The SMILES string of the molecule is CC(CN1CCN(CC(c2ccc(F)cc2)N2CCCCC2)CC1)C(=O)c1ccccc1. The van der Waals surface area contributed by atoms with Crippen molar-refractivity contribution < 1.29 is 9.18 Å². The Balaban J connectivity index is 1.32. The van der Waals surface area contributed by atoms with Crippen molar-refractivity contribution in [1.29, 1.82) is 0 Å². The van der Waals surface area contributed by atoms with E-state index in [4.69, 9.17) is 0 Å². The van der Waals surface area contributed by atoms with Gasteiger partial charge < -0.3 is 4.90 Å². The van der Waals surface area contributed by atoms with Crippen LogP contribution in [0.5, 0.6) is 0 Å². The highest BCUT2D eigenvalue weighted by Gasteiger charge is 2.27. The quantitative estimate of drug-likeness (QED) is 0.569. The Morgan fingerprint density at radius 2 is 1.41 bits per heavy atom. The van der Waals surface area contributed by atoms with E-state index in [-0.39, 0.29) is 17.5 Å². The third kappa shape index (κ3) is 6.03. The molecule has 0 aromatic heterocycles. The van der Waals surface area contributed by atoms with E-state index in [2.05, 4.69) is 14.7 Å². The van der Waals surface area contributed by atoms with Gasteiger partial charge in [-0.1, -0.05) is 55.8 Å². The molecule has 5 heteroatoms. The Labute approximate surface area is 192 Å². The standard InChI is InChI=1S/C27H36FN3O/c1-22(27(32)24-8-4-2-5-9-24)20-29-16-18-30(19-17-29)21-26(31-14-6-3-7-15-31)23-10-12-25(28)13-11-23/h2,4-5,8-13,22,26H,3,6-7,14-21H2,1H3. The van der Waals surface area contributed by atoms with Crippen LogP contribution in [0, 0.1) is 11.7 Å². The Morgan fingerprint density at radius 1 is 0.812 bits per heavy atom. The van der Waals surface area contributed by atoms with E-state index in [0.29, 0.717) is 6.04 Å². The molecule has 2 aromatic carbocycles. The summed E-state index contributed by atoms with van der Waals surface area (Å²) < 4.78 is 13.5. The minimum atomic E-state index is -0.168. The molecule has 4 rings (SSSR count). The predicted molar refractivity (Wildman–Crippen MR) is 127 cm³/mol. The van der Waals surface area contributed by atoms with Crippen molar-refractivity contribution in [3.05, 3.63) is 71.5 Å². The molecule has 0 aliphatic carbocycles. The number of carbonyl (C=O) groups is 1. The molecule has 0 amide bonds. The first kappa shape index (κ1) is 23.1. The maximum Gasteiger partial charge on any atom is 0.166 e. The van der Waals surface area contributed by atoms with Gasteiger partial charge in [0.25, 0.3) is 0 Å². The lowest BCUT2D eigenvalue weighted by molar-refractivity contribution is 0.0698. The highest BCUT2D eigenvalue weighted by molar-refractivity contribution is 5.97. The van der Waals surface area contributed by atoms with Gasteiger partial charge in [-0.05, 0) is 43.6 Å². The zero-order chi connectivity index (χ0) is 22.3. The fourth-order valence-corrected chi connectivity index (χ4v) is 5.10. The van der Waals surface area contributed by atoms with Crippen LogP contribution in [0.15, 0.2) is 54.6 Å². The smallest absolute Gasteiger partial charge is 0.166 e. The molecule has 2 atom stereocenters. The molecule has 0 radical (unpaired) electrons. The Kier molecular flexibility index (Phi) is 8.06. The van der Waals surface area contributed by atoms with Gasteiger partial charge in [0.2, 0.25) is 0 Å². The van der Waals surface area contributed by atoms with E-state index >= 15 is 0 Å². The van der Waals surface area contributed by atoms with E-state index in [1.54, 1.807) is 12.1 Å². The molecule has 2 aliphatic heterocycles. The Morgan fingerprint density at radius 3 is 2.03 bits per heavy atom. The summed E-state index contributed by atoms with van der Waals surface area (Å²) in [5.41, 5.74) is 2.03. The van der Waals surface area contributed by atoms with Gasteiger partial charge in [0.1, 0.15) is 5.82 Å². The molecule has 2 saturated heterocycles. The summed E-state index contributed by atoms with van der Waals surface area (Å²) >= 11 is 0. The van der Waals surface area contributed by atoms with Gasteiger partial charge in [-0.3, -0.25) is 14.6 Å². The molecule has 172 valence electrons. The van der Waals surface area contributed by atoms with Crippen molar-refractivity contribution in [1.82, 2.24) is 14.7 Å². The average Bonchev–Trinajstić information content (AvgIpc) is 2.85. The highest BCUT2D eigenvalue weighted by Crippen LogP contribution is 2.26. The highest BCUT2D eigenvalue weighted by atomic mass is 19.1. The van der Waals surface area contributed by atoms with Crippen molar-refractivity contribution in [2.75, 3.05) is 52.4 Å². The molecule has 0 N–H and O–H groups in total. The molecular formula is C27H36FN3O. The van der Waals surface area contributed by atoms with Crippen molar-refractivity contribution in [2.24, 2.45) is 5.92 Å². The number of nitrogens with zero attached hydrogens (tertiary/aromatic N) is 3. The lowest BCUT2D eigenvalue weighted by atomic mass is 9.98. The van der Waals surface area contributed by atoms with E-state index in [0.717, 1.165) is 57.9 Å². The molecule has 2 aromatic rings. The van der Waals surface area contributed by atoms with Gasteiger partial charge in [-0.15, -0.1) is 0 Å². The third-order valence-electron chi connectivity index (χ3n) is 7.02. The van der Waals surface area contributed by atoms with Gasteiger partial charge in [-0.25, -0.2) is 4.39 Å². The van der Waals surface area contributed by atoms with E-state index in [1.807, 2.05) is 49.4 Å². The summed E-state index contributed by atoms with van der Waals surface area (Å²) in [6.07, 6.45) is 3.81. The first-order valence-corrected chi connectivity index (χ1v) is 12.1. The van der Waals surface area contributed by atoms with Crippen LogP contribution in [0.2, 0.25) is 0 Å². The Hall–Kier alpha value is -2.08. The molecule has 4 nitrogen and oxygen atoms in total. The first-order valence-electron chi connectivity index (χ1n) is 12.1. The fraction of sp³-hybridized carbons (Fsp3) is 0.519.